The third-order valence-electron chi connectivity index (χ3n) is 5.34. The van der Waals surface area contributed by atoms with Crippen LogP contribution in [0.15, 0.2) is 35.6 Å². The molecule has 1 aliphatic heterocycles. The minimum Gasteiger partial charge on any atom is -0.381 e. The van der Waals surface area contributed by atoms with E-state index in [1.54, 1.807) is 36.1 Å². The van der Waals surface area contributed by atoms with Gasteiger partial charge in [0.25, 0.3) is 0 Å². The fraction of sp³-hybridized carbons (Fsp3) is 0.524. The smallest absolute Gasteiger partial charge is 0.193 e. The first-order chi connectivity index (χ1) is 13.6. The number of imidazole rings is 1. The molecule has 0 bridgehead atoms. The van der Waals surface area contributed by atoms with Gasteiger partial charge in [0.2, 0.25) is 0 Å². The number of nitrogens with one attached hydrogen (secondary N) is 1. The zero-order chi connectivity index (χ0) is 19.9. The zero-order valence-corrected chi connectivity index (χ0v) is 17.0. The molecule has 0 radical (unpaired) electrons. The van der Waals surface area contributed by atoms with E-state index in [4.69, 9.17) is 4.74 Å². The number of ether oxygens (including phenoxy) is 1. The Morgan fingerprint density at radius 3 is 2.82 bits per heavy atom. The standard InChI is InChI=1S/C21H30FN5O/c1-16-24-9-11-27(16)20-5-4-18(14-19(20)22)15-25-21(23-2)26(3)10-6-17-7-12-28-13-8-17/h4-5,9,11,14,17H,6-8,10,12-13,15H2,1-3H3,(H,23,25). The number of benzene rings is 1. The monoisotopic (exact) mass is 387 g/mol. The predicted molar refractivity (Wildman–Crippen MR) is 109 cm³/mol. The van der Waals surface area contributed by atoms with Crippen LogP contribution in [0.5, 0.6) is 0 Å². The first-order valence-corrected chi connectivity index (χ1v) is 9.86. The van der Waals surface area contributed by atoms with Crippen LogP contribution in [0.3, 0.4) is 0 Å². The second-order valence-electron chi connectivity index (χ2n) is 7.30. The summed E-state index contributed by atoms with van der Waals surface area (Å²) in [6.07, 6.45) is 6.85. The second-order valence-corrected chi connectivity index (χ2v) is 7.30. The summed E-state index contributed by atoms with van der Waals surface area (Å²) in [7, 11) is 3.82. The molecule has 0 atom stereocenters. The molecule has 1 aliphatic rings. The molecule has 2 aromatic rings. The van der Waals surface area contributed by atoms with Crippen LogP contribution >= 0.6 is 0 Å². The Bertz CT molecular complexity index is 798. The summed E-state index contributed by atoms with van der Waals surface area (Å²) in [5.74, 6) is 2.05. The van der Waals surface area contributed by atoms with Gasteiger partial charge in [-0.1, -0.05) is 6.07 Å². The van der Waals surface area contributed by atoms with E-state index in [0.29, 0.717) is 12.2 Å². The molecule has 3 rings (SSSR count). The molecule has 0 amide bonds. The van der Waals surface area contributed by atoms with Crippen molar-refractivity contribution in [2.24, 2.45) is 10.9 Å². The van der Waals surface area contributed by atoms with Crippen molar-refractivity contribution in [3.63, 3.8) is 0 Å². The van der Waals surface area contributed by atoms with E-state index >= 15 is 0 Å². The van der Waals surface area contributed by atoms with Crippen LogP contribution in [-0.4, -0.2) is 54.3 Å². The molecule has 0 unspecified atom stereocenters. The van der Waals surface area contributed by atoms with Gasteiger partial charge < -0.3 is 19.5 Å². The lowest BCUT2D eigenvalue weighted by Gasteiger charge is -2.27. The van der Waals surface area contributed by atoms with Crippen LogP contribution in [0.1, 0.15) is 30.7 Å². The maximum Gasteiger partial charge on any atom is 0.193 e. The number of hydrogen-bond acceptors (Lipinski definition) is 3. The lowest BCUT2D eigenvalue weighted by molar-refractivity contribution is 0.0625. The van der Waals surface area contributed by atoms with Gasteiger partial charge in [0, 0.05) is 52.8 Å². The van der Waals surface area contributed by atoms with Crippen molar-refractivity contribution in [3.05, 3.63) is 47.8 Å². The van der Waals surface area contributed by atoms with Gasteiger partial charge in [-0.15, -0.1) is 0 Å². The van der Waals surface area contributed by atoms with E-state index in [0.717, 1.165) is 62.3 Å². The fourth-order valence-corrected chi connectivity index (χ4v) is 3.57. The van der Waals surface area contributed by atoms with Gasteiger partial charge in [-0.05, 0) is 49.8 Å². The van der Waals surface area contributed by atoms with Gasteiger partial charge in [0.15, 0.2) is 5.96 Å². The highest BCUT2D eigenvalue weighted by Gasteiger charge is 2.15. The largest absolute Gasteiger partial charge is 0.381 e. The van der Waals surface area contributed by atoms with Crippen molar-refractivity contribution in [2.75, 3.05) is 33.9 Å². The van der Waals surface area contributed by atoms with Crippen LogP contribution in [0, 0.1) is 18.7 Å². The van der Waals surface area contributed by atoms with E-state index < -0.39 is 0 Å². The van der Waals surface area contributed by atoms with Crippen molar-refractivity contribution in [3.8, 4) is 5.69 Å². The Morgan fingerprint density at radius 2 is 2.18 bits per heavy atom. The maximum absolute atomic E-state index is 14.6. The highest BCUT2D eigenvalue weighted by molar-refractivity contribution is 5.79. The van der Waals surface area contributed by atoms with Crippen molar-refractivity contribution >= 4 is 5.96 Å². The summed E-state index contributed by atoms with van der Waals surface area (Å²) in [5.41, 5.74) is 1.38. The molecule has 0 aliphatic carbocycles. The van der Waals surface area contributed by atoms with Gasteiger partial charge in [-0.25, -0.2) is 9.37 Å². The number of rotatable bonds is 6. The average molecular weight is 388 g/mol. The van der Waals surface area contributed by atoms with E-state index in [1.807, 2.05) is 20.0 Å². The molecule has 152 valence electrons. The van der Waals surface area contributed by atoms with Gasteiger partial charge >= 0.3 is 0 Å². The van der Waals surface area contributed by atoms with E-state index in [2.05, 4.69) is 20.2 Å². The minimum absolute atomic E-state index is 0.261. The molecule has 7 heteroatoms. The summed E-state index contributed by atoms with van der Waals surface area (Å²) in [4.78, 5) is 10.6. The van der Waals surface area contributed by atoms with Crippen LogP contribution in [0.4, 0.5) is 4.39 Å². The van der Waals surface area contributed by atoms with Gasteiger partial charge in [-0.2, -0.15) is 0 Å². The number of aromatic nitrogens is 2. The lowest BCUT2D eigenvalue weighted by Crippen LogP contribution is -2.39. The van der Waals surface area contributed by atoms with Crippen molar-refractivity contribution < 1.29 is 9.13 Å². The number of aliphatic imine (C=N–C) groups is 1. The highest BCUT2D eigenvalue weighted by atomic mass is 19.1. The molecule has 1 saturated heterocycles. The van der Waals surface area contributed by atoms with Gasteiger partial charge in [0.05, 0.1) is 5.69 Å². The summed E-state index contributed by atoms with van der Waals surface area (Å²) < 4.78 is 21.7. The fourth-order valence-electron chi connectivity index (χ4n) is 3.57. The molecule has 28 heavy (non-hydrogen) atoms. The Morgan fingerprint density at radius 1 is 1.39 bits per heavy atom. The molecular formula is C21H30FN5O. The predicted octanol–water partition coefficient (Wildman–Crippen LogP) is 3.14. The molecule has 1 aromatic heterocycles. The Kier molecular flexibility index (Phi) is 7.03. The normalized spacial score (nSPS) is 15.6. The number of aryl methyl sites for hydroxylation is 1. The van der Waals surface area contributed by atoms with Crippen LogP contribution in [-0.2, 0) is 11.3 Å². The molecule has 1 N–H and O–H groups in total. The molecule has 2 heterocycles. The number of hydrogen-bond donors (Lipinski definition) is 1. The van der Waals surface area contributed by atoms with E-state index in [1.165, 1.54) is 0 Å². The van der Waals surface area contributed by atoms with Crippen molar-refractivity contribution in [1.29, 1.82) is 0 Å². The molecular weight excluding hydrogens is 357 g/mol. The summed E-state index contributed by atoms with van der Waals surface area (Å²) >= 11 is 0. The summed E-state index contributed by atoms with van der Waals surface area (Å²) in [6, 6.07) is 5.29. The van der Waals surface area contributed by atoms with Crippen molar-refractivity contribution in [1.82, 2.24) is 19.8 Å². The highest BCUT2D eigenvalue weighted by Crippen LogP contribution is 2.19. The zero-order valence-electron chi connectivity index (χ0n) is 17.0. The Hall–Kier alpha value is -2.41. The maximum atomic E-state index is 14.6. The Balaban J connectivity index is 1.54. The second kappa shape index (κ2) is 9.68. The SMILES string of the molecule is CN=C(NCc1ccc(-n2ccnc2C)c(F)c1)N(C)CCC1CCOCC1. The van der Waals surface area contributed by atoms with Crippen LogP contribution < -0.4 is 5.32 Å². The molecule has 0 saturated carbocycles. The lowest BCUT2D eigenvalue weighted by atomic mass is 9.96. The molecule has 1 aromatic carbocycles. The minimum atomic E-state index is -0.261. The van der Waals surface area contributed by atoms with Gasteiger partial charge in [-0.3, -0.25) is 4.99 Å². The first kappa shape index (κ1) is 20.3. The third-order valence-corrected chi connectivity index (χ3v) is 5.34. The number of guanidine groups is 1. The molecule has 1 fully saturated rings. The summed E-state index contributed by atoms with van der Waals surface area (Å²) in [6.45, 7) is 5.07. The van der Waals surface area contributed by atoms with Crippen LogP contribution in [0.2, 0.25) is 0 Å². The first-order valence-electron chi connectivity index (χ1n) is 9.86. The quantitative estimate of drug-likeness (QED) is 0.611. The van der Waals surface area contributed by atoms with E-state index in [-0.39, 0.29) is 5.82 Å². The Labute approximate surface area is 166 Å². The van der Waals surface area contributed by atoms with E-state index in [9.17, 15) is 4.39 Å². The van der Waals surface area contributed by atoms with Gasteiger partial charge in [0.1, 0.15) is 11.6 Å². The topological polar surface area (TPSA) is 54.7 Å². The number of nitrogens with zero attached hydrogens (tertiary/aromatic N) is 4. The summed E-state index contributed by atoms with van der Waals surface area (Å²) in [5, 5.41) is 3.33. The molecule has 6 nitrogen and oxygen atoms in total. The molecule has 0 spiro atoms. The van der Waals surface area contributed by atoms with Crippen LogP contribution in [0.25, 0.3) is 5.69 Å². The van der Waals surface area contributed by atoms with Crippen molar-refractivity contribution in [2.45, 2.75) is 32.7 Å². The number of halogens is 1. The third kappa shape index (κ3) is 5.10. The average Bonchev–Trinajstić information content (AvgIpc) is 3.13.